The van der Waals surface area contributed by atoms with Gasteiger partial charge in [0.15, 0.2) is 0 Å². The van der Waals surface area contributed by atoms with Gasteiger partial charge in [-0.05, 0) is 36.7 Å². The van der Waals surface area contributed by atoms with Crippen LogP contribution in [0.4, 0.5) is 4.79 Å². The van der Waals surface area contributed by atoms with E-state index in [0.29, 0.717) is 10.2 Å². The van der Waals surface area contributed by atoms with Gasteiger partial charge in [0.25, 0.3) is 0 Å². The molecule has 0 unspecified atom stereocenters. The first-order chi connectivity index (χ1) is 9.42. The second-order valence-corrected chi connectivity index (χ2v) is 6.61. The van der Waals surface area contributed by atoms with E-state index in [0.717, 1.165) is 11.3 Å². The van der Waals surface area contributed by atoms with Crippen molar-refractivity contribution in [2.45, 2.75) is 18.6 Å². The van der Waals surface area contributed by atoms with Crippen molar-refractivity contribution < 1.29 is 9.63 Å². The van der Waals surface area contributed by atoms with Gasteiger partial charge in [-0.1, -0.05) is 35.5 Å². The Balaban J connectivity index is 2.26. The lowest BCUT2D eigenvalue weighted by Crippen LogP contribution is -2.24. The van der Waals surface area contributed by atoms with Gasteiger partial charge in [0.1, 0.15) is 0 Å². The number of thioether (sulfide) groups is 1. The topological polar surface area (TPSA) is 63.0 Å². The molecule has 1 aromatic rings. The Bertz CT molecular complexity index is 582. The second-order valence-electron chi connectivity index (χ2n) is 4.58. The summed E-state index contributed by atoms with van der Waals surface area (Å²) in [5.41, 5.74) is 1.84. The van der Waals surface area contributed by atoms with E-state index in [1.54, 1.807) is 0 Å². The van der Waals surface area contributed by atoms with Crippen LogP contribution in [0, 0.1) is 0 Å². The molecule has 0 bridgehead atoms. The number of nitrogens with zero attached hydrogens (tertiary/aromatic N) is 2. The van der Waals surface area contributed by atoms with Crippen LogP contribution in [0.2, 0.25) is 5.02 Å². The quantitative estimate of drug-likeness (QED) is 0.673. The van der Waals surface area contributed by atoms with Gasteiger partial charge >= 0.3 is 6.09 Å². The lowest BCUT2D eigenvalue weighted by atomic mass is 9.99. The number of hydrogen-bond donors (Lipinski definition) is 1. The summed E-state index contributed by atoms with van der Waals surface area (Å²) in [6.07, 6.45) is -0.619. The lowest BCUT2D eigenvalue weighted by Gasteiger charge is -2.18. The third-order valence-electron chi connectivity index (χ3n) is 2.65. The van der Waals surface area contributed by atoms with Crippen LogP contribution in [0.3, 0.4) is 0 Å². The Morgan fingerprint density at radius 1 is 1.40 bits per heavy atom. The first-order valence-electron chi connectivity index (χ1n) is 5.93. The Morgan fingerprint density at radius 3 is 2.65 bits per heavy atom. The van der Waals surface area contributed by atoms with Crippen LogP contribution in [0.1, 0.15) is 19.4 Å². The van der Waals surface area contributed by atoms with Crippen molar-refractivity contribution in [2.24, 2.45) is 10.1 Å². The Kier molecular flexibility index (Phi) is 4.35. The first kappa shape index (κ1) is 14.9. The van der Waals surface area contributed by atoms with E-state index in [4.69, 9.17) is 11.6 Å². The van der Waals surface area contributed by atoms with Gasteiger partial charge in [-0.25, -0.2) is 9.79 Å². The number of hydrogen-bond acceptors (Lipinski definition) is 4. The van der Waals surface area contributed by atoms with Gasteiger partial charge < -0.3 is 5.32 Å². The van der Waals surface area contributed by atoms with Crippen LogP contribution in [0.25, 0.3) is 0 Å². The minimum absolute atomic E-state index is 0.251. The maximum absolute atomic E-state index is 11.0. The number of oxime groups is 1. The molecule has 2 rings (SSSR count). The van der Waals surface area contributed by atoms with Crippen LogP contribution < -0.4 is 5.32 Å². The monoisotopic (exact) mass is 311 g/mol. The second kappa shape index (κ2) is 5.85. The van der Waals surface area contributed by atoms with Crippen molar-refractivity contribution in [3.8, 4) is 0 Å². The zero-order valence-corrected chi connectivity index (χ0v) is 12.9. The average molecular weight is 312 g/mol. The van der Waals surface area contributed by atoms with Crippen molar-refractivity contribution in [3.05, 3.63) is 34.9 Å². The standard InChI is InChI=1S/C13H14ClN3O2S/c1-13(2)10(8-4-6-9(14)7-5-8)16-11(20-13)17-19-12(18)15-3/h4-7H,1-3H3,(H,15,18). The molecular formula is C13H14ClN3O2S. The molecule has 0 spiro atoms. The molecule has 0 radical (unpaired) electrons. The number of carbonyl (C=O) groups is 1. The van der Waals surface area contributed by atoms with Gasteiger partial charge in [-0.15, -0.1) is 0 Å². The highest BCUT2D eigenvalue weighted by Gasteiger charge is 2.35. The molecular weight excluding hydrogens is 298 g/mol. The number of carbonyl (C=O) groups excluding carboxylic acids is 1. The Morgan fingerprint density at radius 2 is 2.05 bits per heavy atom. The first-order valence-corrected chi connectivity index (χ1v) is 7.12. The fourth-order valence-electron chi connectivity index (χ4n) is 1.71. The summed E-state index contributed by atoms with van der Waals surface area (Å²) in [4.78, 5) is 20.1. The molecule has 0 saturated heterocycles. The molecule has 1 heterocycles. The van der Waals surface area contributed by atoms with Crippen LogP contribution in [0.15, 0.2) is 34.4 Å². The molecule has 0 saturated carbocycles. The zero-order valence-electron chi connectivity index (χ0n) is 11.3. The summed E-state index contributed by atoms with van der Waals surface area (Å²) in [6, 6.07) is 7.45. The van der Waals surface area contributed by atoms with Crippen LogP contribution >= 0.6 is 23.4 Å². The molecule has 1 aromatic carbocycles. The summed E-state index contributed by atoms with van der Waals surface area (Å²) < 4.78 is -0.251. The molecule has 20 heavy (non-hydrogen) atoms. The fraction of sp³-hybridized carbons (Fsp3) is 0.308. The highest BCUT2D eigenvalue weighted by Crippen LogP contribution is 2.37. The minimum atomic E-state index is -0.619. The number of aliphatic imine (C=N–C) groups is 1. The van der Waals surface area contributed by atoms with Gasteiger partial charge in [0.05, 0.1) is 10.5 Å². The molecule has 1 amide bonds. The molecule has 1 aliphatic rings. The van der Waals surface area contributed by atoms with Crippen LogP contribution in [-0.4, -0.2) is 28.8 Å². The maximum atomic E-state index is 11.0. The number of rotatable bonds is 2. The predicted octanol–water partition coefficient (Wildman–Crippen LogP) is 3.28. The van der Waals surface area contributed by atoms with Crippen molar-refractivity contribution >= 4 is 40.3 Å². The molecule has 7 heteroatoms. The van der Waals surface area contributed by atoms with Gasteiger partial charge in [-0.2, -0.15) is 0 Å². The lowest BCUT2D eigenvalue weighted by molar-refractivity contribution is 0.153. The van der Waals surface area contributed by atoms with Crippen LogP contribution in [-0.2, 0) is 4.84 Å². The summed E-state index contributed by atoms with van der Waals surface area (Å²) in [5.74, 6) is 0. The van der Waals surface area contributed by atoms with Crippen molar-refractivity contribution in [1.29, 1.82) is 0 Å². The SMILES string of the molecule is CNC(=O)ON=C1N=C(c2ccc(Cl)cc2)C(C)(C)S1. The van der Waals surface area contributed by atoms with E-state index in [-0.39, 0.29) is 4.75 Å². The third kappa shape index (κ3) is 3.32. The summed E-state index contributed by atoms with van der Waals surface area (Å²) in [7, 11) is 1.47. The highest BCUT2D eigenvalue weighted by molar-refractivity contribution is 8.16. The van der Waals surface area contributed by atoms with E-state index in [9.17, 15) is 4.79 Å². The van der Waals surface area contributed by atoms with E-state index < -0.39 is 6.09 Å². The van der Waals surface area contributed by atoms with E-state index >= 15 is 0 Å². The third-order valence-corrected chi connectivity index (χ3v) is 3.96. The Hall–Kier alpha value is -1.53. The largest absolute Gasteiger partial charge is 0.433 e. The highest BCUT2D eigenvalue weighted by atomic mass is 35.5. The summed E-state index contributed by atoms with van der Waals surface area (Å²) >= 11 is 7.32. The number of amidine groups is 1. The molecule has 0 fully saturated rings. The number of nitrogens with one attached hydrogen (secondary N) is 1. The smallest absolute Gasteiger partial charge is 0.323 e. The molecule has 1 N–H and O–H groups in total. The van der Waals surface area contributed by atoms with Crippen molar-refractivity contribution in [2.75, 3.05) is 7.05 Å². The Labute approximate surface area is 126 Å². The summed E-state index contributed by atoms with van der Waals surface area (Å²) in [6.45, 7) is 4.07. The normalized spacial score (nSPS) is 18.8. The molecule has 5 nitrogen and oxygen atoms in total. The molecule has 0 aliphatic carbocycles. The van der Waals surface area contributed by atoms with E-state index in [1.165, 1.54) is 18.8 Å². The molecule has 1 aliphatic heterocycles. The average Bonchev–Trinajstić information content (AvgIpc) is 2.72. The van der Waals surface area contributed by atoms with E-state index in [1.807, 2.05) is 38.1 Å². The van der Waals surface area contributed by atoms with Gasteiger partial charge in [-0.3, -0.25) is 4.84 Å². The molecule has 0 aromatic heterocycles. The fourth-order valence-corrected chi connectivity index (χ4v) is 2.77. The predicted molar refractivity (Wildman–Crippen MR) is 82.6 cm³/mol. The van der Waals surface area contributed by atoms with Gasteiger partial charge in [0.2, 0.25) is 5.17 Å². The van der Waals surface area contributed by atoms with E-state index in [2.05, 4.69) is 20.3 Å². The number of halogens is 1. The maximum Gasteiger partial charge on any atom is 0.433 e. The van der Waals surface area contributed by atoms with Gasteiger partial charge in [0, 0.05) is 12.1 Å². The number of amides is 1. The van der Waals surface area contributed by atoms with Crippen molar-refractivity contribution in [3.63, 3.8) is 0 Å². The summed E-state index contributed by atoms with van der Waals surface area (Å²) in [5, 5.41) is 7.15. The molecule has 0 atom stereocenters. The molecule has 106 valence electrons. The number of benzene rings is 1. The zero-order chi connectivity index (χ0) is 14.8. The van der Waals surface area contributed by atoms with Crippen molar-refractivity contribution in [1.82, 2.24) is 5.32 Å². The minimum Gasteiger partial charge on any atom is -0.323 e. The van der Waals surface area contributed by atoms with Crippen LogP contribution in [0.5, 0.6) is 0 Å².